The van der Waals surface area contributed by atoms with Crippen molar-refractivity contribution in [3.05, 3.63) is 77.6 Å². The van der Waals surface area contributed by atoms with Gasteiger partial charge in [0.1, 0.15) is 9.92 Å². The number of nitrogens with zero attached hydrogens (tertiary/aromatic N) is 2. The predicted octanol–water partition coefficient (Wildman–Crippen LogP) is 3.34. The van der Waals surface area contributed by atoms with Crippen molar-refractivity contribution in [3.8, 4) is 5.75 Å². The molecule has 0 spiro atoms. The molecule has 0 bridgehead atoms. The van der Waals surface area contributed by atoms with Crippen molar-refractivity contribution in [3.63, 3.8) is 0 Å². The van der Waals surface area contributed by atoms with Gasteiger partial charge in [-0.2, -0.15) is 8.42 Å². The smallest absolute Gasteiger partial charge is 0.355 e. The van der Waals surface area contributed by atoms with Crippen LogP contribution in [0.4, 0.5) is 11.4 Å². The number of hydrogen-bond acceptors (Lipinski definition) is 9. The molecule has 3 rings (SSSR count). The van der Waals surface area contributed by atoms with Crippen molar-refractivity contribution in [2.75, 3.05) is 0 Å². The first-order valence-corrected chi connectivity index (χ1v) is 9.40. The van der Waals surface area contributed by atoms with Gasteiger partial charge >= 0.3 is 21.4 Å². The number of nitro groups is 2. The van der Waals surface area contributed by atoms with Crippen LogP contribution in [-0.4, -0.2) is 18.3 Å². The largest absolute Gasteiger partial charge is 0.415 e. The second kappa shape index (κ2) is 7.14. The SMILES string of the molecule is Cc1cc(=O)oc2c([N+](=O)[O-])c(OS(=O)(=O)c3ccc(Cl)c([N+](=O)[O-])c3)ccc12. The lowest BCUT2D eigenvalue weighted by Crippen LogP contribution is -2.12. The first-order valence-electron chi connectivity index (χ1n) is 7.61. The van der Waals surface area contributed by atoms with Crippen molar-refractivity contribution < 1.29 is 26.9 Å². The van der Waals surface area contributed by atoms with Crippen LogP contribution in [0.3, 0.4) is 0 Å². The van der Waals surface area contributed by atoms with E-state index in [0.717, 1.165) is 24.3 Å². The minimum atomic E-state index is -4.72. The van der Waals surface area contributed by atoms with E-state index >= 15 is 0 Å². The maximum Gasteiger partial charge on any atom is 0.355 e. The van der Waals surface area contributed by atoms with Crippen LogP contribution in [0.2, 0.25) is 5.02 Å². The van der Waals surface area contributed by atoms with Crippen LogP contribution in [0.5, 0.6) is 5.75 Å². The molecule has 29 heavy (non-hydrogen) atoms. The number of fused-ring (bicyclic) bond motifs is 1. The quantitative estimate of drug-likeness (QED) is 0.250. The van der Waals surface area contributed by atoms with Gasteiger partial charge in [0.25, 0.3) is 5.69 Å². The predicted molar refractivity (Wildman–Crippen MR) is 99.8 cm³/mol. The van der Waals surface area contributed by atoms with E-state index in [1.807, 2.05) is 0 Å². The van der Waals surface area contributed by atoms with E-state index in [-0.39, 0.29) is 10.4 Å². The summed E-state index contributed by atoms with van der Waals surface area (Å²) in [6.45, 7) is 1.52. The first-order chi connectivity index (χ1) is 13.5. The summed E-state index contributed by atoms with van der Waals surface area (Å²) in [5.74, 6) is -0.728. The summed E-state index contributed by atoms with van der Waals surface area (Å²) in [4.78, 5) is 31.6. The first kappa shape index (κ1) is 20.2. The monoisotopic (exact) mass is 440 g/mol. The highest BCUT2D eigenvalue weighted by atomic mass is 35.5. The summed E-state index contributed by atoms with van der Waals surface area (Å²) >= 11 is 5.65. The maximum atomic E-state index is 12.5. The van der Waals surface area contributed by atoms with Gasteiger partial charge < -0.3 is 8.60 Å². The van der Waals surface area contributed by atoms with E-state index in [4.69, 9.17) is 20.2 Å². The Balaban J connectivity index is 2.18. The molecular weight excluding hydrogens is 432 g/mol. The number of nitro benzene ring substituents is 2. The summed E-state index contributed by atoms with van der Waals surface area (Å²) in [6, 6.07) is 6.02. The molecule has 13 heteroatoms. The van der Waals surface area contributed by atoms with Crippen LogP contribution >= 0.6 is 11.6 Å². The Morgan fingerprint density at radius 2 is 1.76 bits per heavy atom. The van der Waals surface area contributed by atoms with Gasteiger partial charge in [-0.3, -0.25) is 20.2 Å². The molecule has 0 amide bonds. The zero-order chi connectivity index (χ0) is 21.5. The normalized spacial score (nSPS) is 11.4. The molecule has 0 fully saturated rings. The molecule has 3 aromatic rings. The lowest BCUT2D eigenvalue weighted by atomic mass is 10.1. The Bertz CT molecular complexity index is 1350. The molecule has 1 aromatic heterocycles. The second-order valence-electron chi connectivity index (χ2n) is 5.70. The number of halogens is 1. The molecule has 0 aliphatic carbocycles. The van der Waals surface area contributed by atoms with Crippen LogP contribution in [0.25, 0.3) is 11.0 Å². The van der Waals surface area contributed by atoms with Crippen LogP contribution in [0.1, 0.15) is 5.56 Å². The van der Waals surface area contributed by atoms with Crippen molar-refractivity contribution in [1.29, 1.82) is 0 Å². The minimum absolute atomic E-state index is 0.211. The Morgan fingerprint density at radius 1 is 1.07 bits per heavy atom. The fourth-order valence-corrected chi connectivity index (χ4v) is 3.69. The van der Waals surface area contributed by atoms with Gasteiger partial charge in [-0.1, -0.05) is 11.6 Å². The van der Waals surface area contributed by atoms with Crippen molar-refractivity contribution in [1.82, 2.24) is 0 Å². The third-order valence-corrected chi connectivity index (χ3v) is 5.39. The third-order valence-electron chi connectivity index (χ3n) is 3.84. The summed E-state index contributed by atoms with van der Waals surface area (Å²) in [5.41, 5.74) is -2.52. The molecule has 0 aliphatic heterocycles. The molecule has 150 valence electrons. The molecular formula is C16H9ClN2O9S. The molecule has 0 saturated heterocycles. The van der Waals surface area contributed by atoms with Crippen LogP contribution in [-0.2, 0) is 10.1 Å². The van der Waals surface area contributed by atoms with Crippen molar-refractivity contribution in [2.24, 2.45) is 0 Å². The molecule has 1 heterocycles. The highest BCUT2D eigenvalue weighted by Crippen LogP contribution is 2.37. The summed E-state index contributed by atoms with van der Waals surface area (Å²) < 4.78 is 34.8. The molecule has 0 saturated carbocycles. The molecule has 0 unspecified atom stereocenters. The Hall–Kier alpha value is -3.51. The van der Waals surface area contributed by atoms with Gasteiger partial charge in [0.05, 0.1) is 9.85 Å². The van der Waals surface area contributed by atoms with E-state index in [1.54, 1.807) is 0 Å². The van der Waals surface area contributed by atoms with Crippen molar-refractivity contribution >= 4 is 44.1 Å². The van der Waals surface area contributed by atoms with Crippen molar-refractivity contribution in [2.45, 2.75) is 11.8 Å². The molecule has 0 aliphatic rings. The number of rotatable bonds is 5. The standard InChI is InChI=1S/C16H9ClN2O9S/c1-8-6-14(20)27-16-10(8)3-5-13(15(16)19(23)24)28-29(25,26)9-2-4-11(17)12(7-9)18(21)22/h2-7H,1H3. The topological polar surface area (TPSA) is 160 Å². The molecule has 0 atom stereocenters. The van der Waals surface area contributed by atoms with Gasteiger partial charge in [-0.15, -0.1) is 0 Å². The van der Waals surface area contributed by atoms with Gasteiger partial charge in [0.2, 0.25) is 11.3 Å². The zero-order valence-electron chi connectivity index (χ0n) is 14.3. The summed E-state index contributed by atoms with van der Waals surface area (Å²) in [7, 11) is -4.72. The van der Waals surface area contributed by atoms with Gasteiger partial charge in [0.15, 0.2) is 0 Å². The lowest BCUT2D eigenvalue weighted by Gasteiger charge is -2.09. The molecule has 2 aromatic carbocycles. The number of hydrogen-bond donors (Lipinski definition) is 0. The zero-order valence-corrected chi connectivity index (χ0v) is 15.9. The molecule has 0 N–H and O–H groups in total. The van der Waals surface area contributed by atoms with E-state index in [2.05, 4.69) is 0 Å². The second-order valence-corrected chi connectivity index (χ2v) is 7.66. The van der Waals surface area contributed by atoms with Gasteiger partial charge in [-0.25, -0.2) is 4.79 Å². The lowest BCUT2D eigenvalue weighted by molar-refractivity contribution is -0.384. The van der Waals surface area contributed by atoms with Crippen LogP contribution < -0.4 is 9.81 Å². The van der Waals surface area contributed by atoms with E-state index in [9.17, 15) is 33.4 Å². The summed E-state index contributed by atoms with van der Waals surface area (Å²) in [5, 5.41) is 22.4. The average Bonchev–Trinajstić information content (AvgIpc) is 2.60. The Morgan fingerprint density at radius 3 is 2.38 bits per heavy atom. The van der Waals surface area contributed by atoms with E-state index < -0.39 is 53.2 Å². The van der Waals surface area contributed by atoms with Crippen LogP contribution in [0.15, 0.2) is 50.5 Å². The molecule has 0 radical (unpaired) electrons. The van der Waals surface area contributed by atoms with E-state index in [0.29, 0.717) is 11.6 Å². The Labute approximate surface area is 166 Å². The third kappa shape index (κ3) is 3.75. The highest BCUT2D eigenvalue weighted by Gasteiger charge is 2.29. The highest BCUT2D eigenvalue weighted by molar-refractivity contribution is 7.87. The fourth-order valence-electron chi connectivity index (χ4n) is 2.55. The van der Waals surface area contributed by atoms with E-state index in [1.165, 1.54) is 13.0 Å². The number of aryl methyl sites for hydroxylation is 1. The fraction of sp³-hybridized carbons (Fsp3) is 0.0625. The maximum absolute atomic E-state index is 12.5. The number of benzene rings is 2. The molecule has 11 nitrogen and oxygen atoms in total. The van der Waals surface area contributed by atoms with Gasteiger partial charge in [-0.05, 0) is 36.8 Å². The van der Waals surface area contributed by atoms with Crippen LogP contribution in [0, 0.1) is 27.2 Å². The van der Waals surface area contributed by atoms with Gasteiger partial charge in [0, 0.05) is 17.5 Å². The average molecular weight is 441 g/mol. The minimum Gasteiger partial charge on any atom is -0.415 e. The summed E-state index contributed by atoms with van der Waals surface area (Å²) in [6.07, 6.45) is 0. The Kier molecular flexibility index (Phi) is 4.98.